The van der Waals surface area contributed by atoms with E-state index in [0.29, 0.717) is 11.6 Å². The largest absolute Gasteiger partial charge is 0.497 e. The van der Waals surface area contributed by atoms with Crippen LogP contribution in [-0.2, 0) is 9.53 Å². The summed E-state index contributed by atoms with van der Waals surface area (Å²) in [4.78, 5) is 12.6. The number of hydrogen-bond acceptors (Lipinski definition) is 7. The Balaban J connectivity index is 2.05. The highest BCUT2D eigenvalue weighted by atomic mass is 16.5. The van der Waals surface area contributed by atoms with Gasteiger partial charge in [-0.25, -0.2) is 4.68 Å². The second-order valence-electron chi connectivity index (χ2n) is 5.78. The van der Waals surface area contributed by atoms with E-state index in [1.807, 2.05) is 38.1 Å². The predicted molar refractivity (Wildman–Crippen MR) is 86.4 cm³/mol. The van der Waals surface area contributed by atoms with Crippen molar-refractivity contribution in [2.24, 2.45) is 5.92 Å². The Morgan fingerprint density at radius 1 is 1.33 bits per heavy atom. The number of tetrazole rings is 1. The lowest BCUT2D eigenvalue weighted by molar-refractivity contribution is -0.152. The summed E-state index contributed by atoms with van der Waals surface area (Å²) in [5.41, 5.74) is 1.36. The van der Waals surface area contributed by atoms with Crippen LogP contribution in [0.25, 0.3) is 0 Å². The van der Waals surface area contributed by atoms with Gasteiger partial charge in [0.2, 0.25) is 5.95 Å². The van der Waals surface area contributed by atoms with Crippen molar-refractivity contribution in [3.05, 3.63) is 42.1 Å². The molecule has 0 aliphatic carbocycles. The van der Waals surface area contributed by atoms with Crippen molar-refractivity contribution in [2.45, 2.75) is 26.0 Å². The van der Waals surface area contributed by atoms with Crippen LogP contribution in [0.4, 0.5) is 5.95 Å². The van der Waals surface area contributed by atoms with Gasteiger partial charge < -0.3 is 14.8 Å². The van der Waals surface area contributed by atoms with E-state index in [1.54, 1.807) is 11.8 Å². The molecule has 24 heavy (non-hydrogen) atoms. The van der Waals surface area contributed by atoms with Gasteiger partial charge in [-0.15, -0.1) is 0 Å². The van der Waals surface area contributed by atoms with Crippen LogP contribution < -0.4 is 10.1 Å². The lowest BCUT2D eigenvalue weighted by Crippen LogP contribution is -2.38. The Hall–Kier alpha value is -2.90. The molecule has 0 fully saturated rings. The van der Waals surface area contributed by atoms with Crippen LogP contribution in [0.3, 0.4) is 0 Å². The van der Waals surface area contributed by atoms with Crippen LogP contribution in [0.1, 0.15) is 25.5 Å². The molecule has 2 atom stereocenters. The molecule has 0 spiro atoms. The SMILES string of the molecule is C=C1Nc2nnnn2[C@@H](c2ccc(OC)cc2)[C@@H]1C(=O)OC(C)C. The first kappa shape index (κ1) is 16.0. The highest BCUT2D eigenvalue weighted by molar-refractivity contribution is 5.79. The van der Waals surface area contributed by atoms with Gasteiger partial charge in [-0.05, 0) is 42.0 Å². The average molecular weight is 329 g/mol. The molecular weight excluding hydrogens is 310 g/mol. The van der Waals surface area contributed by atoms with Gasteiger partial charge in [0.15, 0.2) is 0 Å². The van der Waals surface area contributed by atoms with E-state index in [2.05, 4.69) is 27.4 Å². The molecule has 0 amide bonds. The molecule has 1 aromatic heterocycles. The van der Waals surface area contributed by atoms with E-state index in [9.17, 15) is 4.79 Å². The van der Waals surface area contributed by atoms with E-state index < -0.39 is 12.0 Å². The fourth-order valence-electron chi connectivity index (χ4n) is 2.73. The first-order valence-electron chi connectivity index (χ1n) is 7.59. The summed E-state index contributed by atoms with van der Waals surface area (Å²) in [7, 11) is 1.60. The van der Waals surface area contributed by atoms with Crippen LogP contribution in [0.15, 0.2) is 36.5 Å². The number of carbonyl (C=O) groups excluding carboxylic acids is 1. The molecule has 1 N–H and O–H groups in total. The van der Waals surface area contributed by atoms with E-state index in [1.165, 1.54) is 0 Å². The Morgan fingerprint density at radius 3 is 2.67 bits per heavy atom. The van der Waals surface area contributed by atoms with Crippen LogP contribution >= 0.6 is 0 Å². The number of nitrogens with one attached hydrogen (secondary N) is 1. The number of benzene rings is 1. The van der Waals surface area contributed by atoms with E-state index >= 15 is 0 Å². The lowest BCUT2D eigenvalue weighted by atomic mass is 9.89. The quantitative estimate of drug-likeness (QED) is 0.855. The van der Waals surface area contributed by atoms with Crippen molar-refractivity contribution < 1.29 is 14.3 Å². The second kappa shape index (κ2) is 6.31. The third kappa shape index (κ3) is 2.82. The van der Waals surface area contributed by atoms with Gasteiger partial charge in [0.1, 0.15) is 17.7 Å². The Bertz CT molecular complexity index is 753. The maximum absolute atomic E-state index is 12.6. The molecule has 1 aliphatic heterocycles. The number of methoxy groups -OCH3 is 1. The zero-order chi connectivity index (χ0) is 17.3. The maximum Gasteiger partial charge on any atom is 0.317 e. The van der Waals surface area contributed by atoms with Crippen molar-refractivity contribution in [2.75, 3.05) is 12.4 Å². The summed E-state index contributed by atoms with van der Waals surface area (Å²) in [6.07, 6.45) is -0.225. The molecule has 2 heterocycles. The maximum atomic E-state index is 12.6. The number of aromatic nitrogens is 4. The molecular formula is C16H19N5O3. The molecule has 1 aliphatic rings. The van der Waals surface area contributed by atoms with Crippen LogP contribution in [-0.4, -0.2) is 39.4 Å². The van der Waals surface area contributed by atoms with Gasteiger partial charge >= 0.3 is 5.97 Å². The highest BCUT2D eigenvalue weighted by Crippen LogP contribution is 2.38. The molecule has 0 unspecified atom stereocenters. The Labute approximate surface area is 139 Å². The molecule has 1 aromatic carbocycles. The van der Waals surface area contributed by atoms with Crippen molar-refractivity contribution in [3.63, 3.8) is 0 Å². The molecule has 0 saturated carbocycles. The van der Waals surface area contributed by atoms with Gasteiger partial charge in [-0.1, -0.05) is 23.8 Å². The van der Waals surface area contributed by atoms with E-state index in [0.717, 1.165) is 11.3 Å². The zero-order valence-corrected chi connectivity index (χ0v) is 13.8. The van der Waals surface area contributed by atoms with Gasteiger partial charge in [-0.2, -0.15) is 0 Å². The normalized spacial score (nSPS) is 19.6. The van der Waals surface area contributed by atoms with Gasteiger partial charge in [0.05, 0.1) is 13.2 Å². The van der Waals surface area contributed by atoms with E-state index in [4.69, 9.17) is 9.47 Å². The summed E-state index contributed by atoms with van der Waals surface area (Å²) in [5.74, 6) is 0.153. The molecule has 0 bridgehead atoms. The minimum Gasteiger partial charge on any atom is -0.497 e. The zero-order valence-electron chi connectivity index (χ0n) is 13.8. The molecule has 0 radical (unpaired) electrons. The number of esters is 1. The number of anilines is 1. The summed E-state index contributed by atoms with van der Waals surface area (Å²) < 4.78 is 12.2. The van der Waals surface area contributed by atoms with Gasteiger partial charge in [0.25, 0.3) is 0 Å². The monoisotopic (exact) mass is 329 g/mol. The molecule has 2 aromatic rings. The fraction of sp³-hybridized carbons (Fsp3) is 0.375. The minimum atomic E-state index is -0.642. The Morgan fingerprint density at radius 2 is 2.04 bits per heavy atom. The fourth-order valence-corrected chi connectivity index (χ4v) is 2.73. The first-order valence-corrected chi connectivity index (χ1v) is 7.59. The summed E-state index contributed by atoms with van der Waals surface area (Å²) in [6.45, 7) is 7.58. The molecule has 8 nitrogen and oxygen atoms in total. The van der Waals surface area contributed by atoms with Crippen molar-refractivity contribution in [1.29, 1.82) is 0 Å². The lowest BCUT2D eigenvalue weighted by Gasteiger charge is -2.32. The molecule has 3 rings (SSSR count). The number of rotatable bonds is 4. The average Bonchev–Trinajstić information content (AvgIpc) is 3.00. The van der Waals surface area contributed by atoms with Gasteiger partial charge in [-0.3, -0.25) is 4.79 Å². The van der Waals surface area contributed by atoms with Gasteiger partial charge in [0, 0.05) is 5.70 Å². The number of carbonyl (C=O) groups is 1. The first-order chi connectivity index (χ1) is 11.5. The summed E-state index contributed by atoms with van der Waals surface area (Å²) >= 11 is 0. The number of hydrogen-bond donors (Lipinski definition) is 1. The standard InChI is InChI=1S/C16H19N5O3/c1-9(2)24-15(22)13-10(3)17-16-18-19-20-21(16)14(13)11-5-7-12(23-4)8-6-11/h5-9,13-14H,3H2,1-2,4H3,(H,17,18,20)/t13-,14+/m1/s1. The Kier molecular flexibility index (Phi) is 4.20. The van der Waals surface area contributed by atoms with Crippen molar-refractivity contribution in [1.82, 2.24) is 20.2 Å². The smallest absolute Gasteiger partial charge is 0.317 e. The minimum absolute atomic E-state index is 0.225. The summed E-state index contributed by atoms with van der Waals surface area (Å²) in [5, 5.41) is 14.6. The third-order valence-corrected chi connectivity index (χ3v) is 3.78. The van der Waals surface area contributed by atoms with Crippen LogP contribution in [0.5, 0.6) is 5.75 Å². The van der Waals surface area contributed by atoms with Crippen molar-refractivity contribution in [3.8, 4) is 5.75 Å². The summed E-state index contributed by atoms with van der Waals surface area (Å²) in [6, 6.07) is 6.97. The molecule has 126 valence electrons. The number of fused-ring (bicyclic) bond motifs is 1. The number of ether oxygens (including phenoxy) is 2. The number of nitrogens with zero attached hydrogens (tertiary/aromatic N) is 4. The predicted octanol–water partition coefficient (Wildman–Crippen LogP) is 1.78. The second-order valence-corrected chi connectivity index (χ2v) is 5.78. The molecule has 0 saturated heterocycles. The highest BCUT2D eigenvalue weighted by Gasteiger charge is 2.41. The third-order valence-electron chi connectivity index (χ3n) is 3.78. The van der Waals surface area contributed by atoms with Crippen molar-refractivity contribution >= 4 is 11.9 Å². The van der Waals surface area contributed by atoms with E-state index in [-0.39, 0.29) is 12.1 Å². The van der Waals surface area contributed by atoms with Crippen LogP contribution in [0.2, 0.25) is 0 Å². The topological polar surface area (TPSA) is 91.2 Å². The van der Waals surface area contributed by atoms with Crippen LogP contribution in [0, 0.1) is 5.92 Å². The molecule has 8 heteroatoms.